The molecule has 24 heavy (non-hydrogen) atoms. The van der Waals surface area contributed by atoms with E-state index in [2.05, 4.69) is 37.4 Å². The van der Waals surface area contributed by atoms with Gasteiger partial charge in [-0.1, -0.05) is 6.07 Å². The second-order valence-electron chi connectivity index (χ2n) is 6.82. The van der Waals surface area contributed by atoms with Gasteiger partial charge in [-0.3, -0.25) is 0 Å². The Morgan fingerprint density at radius 3 is 2.88 bits per heavy atom. The monoisotopic (exact) mass is 340 g/mol. The Hall–Kier alpha value is -1.91. The molecule has 2 atom stereocenters. The fraction of sp³-hybridized carbons (Fsp3) is 0.350. The van der Waals surface area contributed by atoms with Gasteiger partial charge < -0.3 is 9.32 Å². The fourth-order valence-corrected chi connectivity index (χ4v) is 4.75. The lowest BCUT2D eigenvalue weighted by molar-refractivity contribution is -0.931. The highest BCUT2D eigenvalue weighted by atomic mass is 32.1. The molecule has 0 aliphatic carbocycles. The number of benzene rings is 1. The van der Waals surface area contributed by atoms with Crippen molar-refractivity contribution in [1.29, 1.82) is 0 Å². The summed E-state index contributed by atoms with van der Waals surface area (Å²) in [5.41, 5.74) is 3.98. The van der Waals surface area contributed by atoms with Gasteiger partial charge in [0.2, 0.25) is 0 Å². The van der Waals surface area contributed by atoms with E-state index in [4.69, 9.17) is 4.42 Å². The molecule has 1 fully saturated rings. The summed E-state index contributed by atoms with van der Waals surface area (Å²) in [7, 11) is 0. The summed E-state index contributed by atoms with van der Waals surface area (Å²) in [6.45, 7) is 6.21. The first-order valence-electron chi connectivity index (χ1n) is 8.54. The van der Waals surface area contributed by atoms with E-state index in [1.54, 1.807) is 11.0 Å². The maximum absolute atomic E-state index is 12.0. The first-order chi connectivity index (χ1) is 11.6. The van der Waals surface area contributed by atoms with Crippen molar-refractivity contribution in [1.82, 2.24) is 0 Å². The highest BCUT2D eigenvalue weighted by molar-refractivity contribution is 7.10. The minimum Gasteiger partial charge on any atom is -0.423 e. The number of aryl methyl sites for hydroxylation is 2. The molecule has 1 N–H and O–H groups in total. The molecule has 0 bridgehead atoms. The zero-order valence-electron chi connectivity index (χ0n) is 14.1. The van der Waals surface area contributed by atoms with Gasteiger partial charge in [0.1, 0.15) is 18.2 Å². The van der Waals surface area contributed by atoms with E-state index in [1.807, 2.05) is 17.4 Å². The molecule has 1 saturated heterocycles. The Morgan fingerprint density at radius 1 is 1.25 bits per heavy atom. The average Bonchev–Trinajstić information content (AvgIpc) is 3.20. The summed E-state index contributed by atoms with van der Waals surface area (Å²) in [4.78, 5) is 15.0. The third kappa shape index (κ3) is 2.80. The summed E-state index contributed by atoms with van der Waals surface area (Å²) in [6.07, 6.45) is 2.47. The SMILES string of the molecule is Cc1cc2oc(=O)cc(C[NH+]3CCC[C@@H]3c3cccs3)c2cc1C. The number of quaternary nitrogens is 1. The number of fused-ring (bicyclic) bond motifs is 1. The molecular weight excluding hydrogens is 318 g/mol. The van der Waals surface area contributed by atoms with E-state index in [9.17, 15) is 4.79 Å². The summed E-state index contributed by atoms with van der Waals surface area (Å²) < 4.78 is 5.44. The molecule has 4 rings (SSSR count). The molecule has 1 aliphatic heterocycles. The van der Waals surface area contributed by atoms with E-state index < -0.39 is 0 Å². The van der Waals surface area contributed by atoms with Crippen molar-refractivity contribution in [2.24, 2.45) is 0 Å². The molecule has 1 aliphatic rings. The van der Waals surface area contributed by atoms with Crippen LogP contribution in [0.4, 0.5) is 0 Å². The summed E-state index contributed by atoms with van der Waals surface area (Å²) in [6, 6.07) is 10.8. The Kier molecular flexibility index (Phi) is 4.02. The lowest BCUT2D eigenvalue weighted by atomic mass is 10.0. The van der Waals surface area contributed by atoms with Crippen LogP contribution in [-0.2, 0) is 6.54 Å². The van der Waals surface area contributed by atoms with E-state index in [1.165, 1.54) is 23.3 Å². The van der Waals surface area contributed by atoms with Crippen molar-refractivity contribution >= 4 is 22.3 Å². The minimum atomic E-state index is -0.243. The molecule has 1 aromatic carbocycles. The molecule has 0 radical (unpaired) electrons. The number of nitrogens with one attached hydrogen (secondary N) is 1. The van der Waals surface area contributed by atoms with Crippen LogP contribution >= 0.6 is 11.3 Å². The Bertz CT molecular complexity index is 927. The van der Waals surface area contributed by atoms with Crippen LogP contribution in [0.5, 0.6) is 0 Å². The maximum atomic E-state index is 12.0. The highest BCUT2D eigenvalue weighted by Gasteiger charge is 2.31. The van der Waals surface area contributed by atoms with Gasteiger partial charge in [-0.15, -0.1) is 11.3 Å². The zero-order valence-corrected chi connectivity index (χ0v) is 14.9. The van der Waals surface area contributed by atoms with Crippen LogP contribution in [0.1, 0.15) is 40.5 Å². The third-order valence-electron chi connectivity index (χ3n) is 5.23. The average molecular weight is 340 g/mol. The van der Waals surface area contributed by atoms with Crippen molar-refractivity contribution < 1.29 is 9.32 Å². The number of hydrogen-bond acceptors (Lipinski definition) is 3. The van der Waals surface area contributed by atoms with Gasteiger partial charge in [0.25, 0.3) is 0 Å². The van der Waals surface area contributed by atoms with Crippen LogP contribution in [0.3, 0.4) is 0 Å². The molecule has 3 heterocycles. The van der Waals surface area contributed by atoms with Gasteiger partial charge in [0.15, 0.2) is 0 Å². The number of thiophene rings is 1. The second kappa shape index (κ2) is 6.19. The predicted molar refractivity (Wildman–Crippen MR) is 97.8 cm³/mol. The summed E-state index contributed by atoms with van der Waals surface area (Å²) >= 11 is 1.84. The van der Waals surface area contributed by atoms with Gasteiger partial charge >= 0.3 is 5.63 Å². The van der Waals surface area contributed by atoms with E-state index >= 15 is 0 Å². The topological polar surface area (TPSA) is 34.6 Å². The molecule has 3 aromatic rings. The lowest BCUT2D eigenvalue weighted by Crippen LogP contribution is -3.08. The molecule has 3 nitrogen and oxygen atoms in total. The largest absolute Gasteiger partial charge is 0.423 e. The van der Waals surface area contributed by atoms with Crippen LogP contribution < -0.4 is 10.5 Å². The first kappa shape index (κ1) is 15.6. The van der Waals surface area contributed by atoms with Gasteiger partial charge in [-0.2, -0.15) is 0 Å². The van der Waals surface area contributed by atoms with Crippen molar-refractivity contribution in [3.63, 3.8) is 0 Å². The lowest BCUT2D eigenvalue weighted by Gasteiger charge is -2.21. The van der Waals surface area contributed by atoms with Crippen LogP contribution in [0.15, 0.2) is 44.9 Å². The molecule has 124 valence electrons. The van der Waals surface area contributed by atoms with E-state index in [0.29, 0.717) is 11.6 Å². The van der Waals surface area contributed by atoms with Crippen molar-refractivity contribution in [2.45, 2.75) is 39.3 Å². The van der Waals surface area contributed by atoms with Gasteiger partial charge in [0, 0.05) is 29.9 Å². The molecule has 0 spiro atoms. The smallest absolute Gasteiger partial charge is 0.336 e. The van der Waals surface area contributed by atoms with Crippen molar-refractivity contribution in [3.05, 3.63) is 67.7 Å². The molecule has 2 aromatic heterocycles. The summed E-state index contributed by atoms with van der Waals surface area (Å²) in [5.74, 6) is 0. The predicted octanol–water partition coefficient (Wildman–Crippen LogP) is 3.39. The maximum Gasteiger partial charge on any atom is 0.336 e. The molecule has 0 amide bonds. The number of rotatable bonds is 3. The number of likely N-dealkylation sites (tertiary alicyclic amines) is 1. The van der Waals surface area contributed by atoms with Crippen LogP contribution in [-0.4, -0.2) is 6.54 Å². The van der Waals surface area contributed by atoms with E-state index in [0.717, 1.165) is 29.6 Å². The quantitative estimate of drug-likeness (QED) is 0.742. The Balaban J connectivity index is 1.74. The first-order valence-corrected chi connectivity index (χ1v) is 9.42. The summed E-state index contributed by atoms with van der Waals surface area (Å²) in [5, 5.41) is 3.24. The van der Waals surface area contributed by atoms with Crippen LogP contribution in [0.2, 0.25) is 0 Å². The molecule has 1 unspecified atom stereocenters. The molecule has 0 saturated carbocycles. The van der Waals surface area contributed by atoms with Gasteiger partial charge in [0.05, 0.1) is 11.4 Å². The minimum absolute atomic E-state index is 0.243. The van der Waals surface area contributed by atoms with E-state index in [-0.39, 0.29) is 5.63 Å². The van der Waals surface area contributed by atoms with Crippen LogP contribution in [0.25, 0.3) is 11.0 Å². The van der Waals surface area contributed by atoms with Crippen molar-refractivity contribution in [2.75, 3.05) is 6.54 Å². The second-order valence-corrected chi connectivity index (χ2v) is 7.80. The normalized spacial score (nSPS) is 20.8. The Labute approximate surface area is 145 Å². The Morgan fingerprint density at radius 2 is 2.08 bits per heavy atom. The van der Waals surface area contributed by atoms with Gasteiger partial charge in [-0.25, -0.2) is 4.79 Å². The van der Waals surface area contributed by atoms with Crippen LogP contribution in [0, 0.1) is 13.8 Å². The molecule has 4 heteroatoms. The highest BCUT2D eigenvalue weighted by Crippen LogP contribution is 2.25. The molecular formula is C20H22NO2S+. The third-order valence-corrected chi connectivity index (χ3v) is 6.22. The fourth-order valence-electron chi connectivity index (χ4n) is 3.83. The van der Waals surface area contributed by atoms with Crippen molar-refractivity contribution in [3.8, 4) is 0 Å². The van der Waals surface area contributed by atoms with Gasteiger partial charge in [-0.05, 0) is 48.6 Å². The number of hydrogen-bond donors (Lipinski definition) is 1. The standard InChI is InChI=1S/C20H21NO2S/c1-13-9-16-15(11-20(22)23-18(16)10-14(13)2)12-21-7-3-5-17(21)19-6-4-8-24-19/h4,6,8-11,17H,3,5,7,12H2,1-2H3/p+1/t17-/m1/s1. The zero-order chi connectivity index (χ0) is 16.7.